The number of benzene rings is 2. The summed E-state index contributed by atoms with van der Waals surface area (Å²) >= 11 is 3.50. The second-order valence-electron chi connectivity index (χ2n) is 6.63. The van der Waals surface area contributed by atoms with Crippen LogP contribution in [0.25, 0.3) is 0 Å². The van der Waals surface area contributed by atoms with E-state index in [0.29, 0.717) is 5.56 Å². The maximum atomic E-state index is 12.8. The van der Waals surface area contributed by atoms with E-state index >= 15 is 0 Å². The van der Waals surface area contributed by atoms with Crippen LogP contribution in [0.2, 0.25) is 0 Å². The molecule has 2 aromatic carbocycles. The van der Waals surface area contributed by atoms with Crippen LogP contribution >= 0.6 is 23.5 Å². The molecule has 0 atom stereocenters. The molecule has 4 nitrogen and oxygen atoms in total. The zero-order chi connectivity index (χ0) is 19.9. The second-order valence-corrected chi connectivity index (χ2v) is 8.93. The van der Waals surface area contributed by atoms with E-state index in [0.717, 1.165) is 40.1 Å². The van der Waals surface area contributed by atoms with Crippen molar-refractivity contribution in [3.05, 3.63) is 95.3 Å². The number of aromatic nitrogens is 1. The third-order valence-electron chi connectivity index (χ3n) is 4.54. The molecule has 1 N–H and O–H groups in total. The Balaban J connectivity index is 1.40. The third kappa shape index (κ3) is 5.49. The van der Waals surface area contributed by atoms with Gasteiger partial charge in [0.2, 0.25) is 0 Å². The van der Waals surface area contributed by atoms with E-state index in [-0.39, 0.29) is 5.91 Å². The lowest BCUT2D eigenvalue weighted by Crippen LogP contribution is -2.14. The molecule has 0 fully saturated rings. The van der Waals surface area contributed by atoms with Crippen LogP contribution in [0.1, 0.15) is 27.0 Å². The van der Waals surface area contributed by atoms with Gasteiger partial charge < -0.3 is 5.32 Å². The summed E-state index contributed by atoms with van der Waals surface area (Å²) in [6.45, 7) is 0.895. The van der Waals surface area contributed by atoms with Crippen molar-refractivity contribution in [3.8, 4) is 0 Å². The molecule has 4 rings (SSSR count). The second kappa shape index (κ2) is 9.76. The first-order valence-electron chi connectivity index (χ1n) is 9.45. The van der Waals surface area contributed by atoms with Gasteiger partial charge in [0, 0.05) is 35.2 Å². The van der Waals surface area contributed by atoms with Crippen LogP contribution in [-0.2, 0) is 12.2 Å². The summed E-state index contributed by atoms with van der Waals surface area (Å²) in [5.74, 6) is 1.73. The van der Waals surface area contributed by atoms with Crippen LogP contribution in [0.4, 0.5) is 5.69 Å². The van der Waals surface area contributed by atoms with Gasteiger partial charge in [-0.25, -0.2) is 0 Å². The molecule has 3 aromatic rings. The predicted octanol–water partition coefficient (Wildman–Crippen LogP) is 5.26. The number of thioether (sulfide) groups is 2. The van der Waals surface area contributed by atoms with Crippen LogP contribution in [0.15, 0.2) is 78.0 Å². The van der Waals surface area contributed by atoms with Crippen LogP contribution in [0.3, 0.4) is 0 Å². The molecule has 0 radical (unpaired) electrons. The highest BCUT2D eigenvalue weighted by atomic mass is 32.2. The van der Waals surface area contributed by atoms with Crippen molar-refractivity contribution >= 4 is 39.5 Å². The standard InChI is InChI=1S/C23H21N3OS2/c27-22(21-4-2-1-3-19(21)16-29-23-25-13-14-28-23)26-20-7-5-17(6-8-20)15-18-9-11-24-12-10-18/h1-12H,13-16H2,(H,26,27). The molecule has 1 aliphatic rings. The normalized spacial score (nSPS) is 13.2. The first kappa shape index (κ1) is 19.7. The molecular formula is C23H21N3OS2. The molecule has 0 spiro atoms. The minimum Gasteiger partial charge on any atom is -0.322 e. The third-order valence-corrected chi connectivity index (χ3v) is 6.84. The smallest absolute Gasteiger partial charge is 0.255 e. The number of anilines is 1. The van der Waals surface area contributed by atoms with Crippen LogP contribution < -0.4 is 5.32 Å². The molecule has 146 valence electrons. The zero-order valence-corrected chi connectivity index (χ0v) is 17.5. The lowest BCUT2D eigenvalue weighted by atomic mass is 10.1. The number of nitrogens with zero attached hydrogens (tertiary/aromatic N) is 2. The Labute approximate surface area is 179 Å². The van der Waals surface area contributed by atoms with Gasteiger partial charge in [0.1, 0.15) is 4.38 Å². The number of hydrogen-bond donors (Lipinski definition) is 1. The van der Waals surface area contributed by atoms with Crippen molar-refractivity contribution in [1.29, 1.82) is 0 Å². The Hall–Kier alpha value is -2.57. The summed E-state index contributed by atoms with van der Waals surface area (Å²) in [4.78, 5) is 21.4. The Morgan fingerprint density at radius 2 is 1.76 bits per heavy atom. The van der Waals surface area contributed by atoms with Gasteiger partial charge in [-0.05, 0) is 53.4 Å². The monoisotopic (exact) mass is 419 g/mol. The molecule has 0 bridgehead atoms. The maximum Gasteiger partial charge on any atom is 0.255 e. The molecule has 0 saturated heterocycles. The maximum absolute atomic E-state index is 12.8. The highest BCUT2D eigenvalue weighted by molar-refractivity contribution is 8.38. The fourth-order valence-electron chi connectivity index (χ4n) is 3.05. The lowest BCUT2D eigenvalue weighted by molar-refractivity contribution is 0.102. The average molecular weight is 420 g/mol. The Morgan fingerprint density at radius 1 is 1.00 bits per heavy atom. The zero-order valence-electron chi connectivity index (χ0n) is 15.9. The average Bonchev–Trinajstić information content (AvgIpc) is 3.28. The van der Waals surface area contributed by atoms with Gasteiger partial charge in [0.05, 0.1) is 6.54 Å². The Bertz CT molecular complexity index is 1000. The van der Waals surface area contributed by atoms with Gasteiger partial charge in [-0.1, -0.05) is 53.9 Å². The number of aliphatic imine (C=N–C) groups is 1. The summed E-state index contributed by atoms with van der Waals surface area (Å²) in [6.07, 6.45) is 4.45. The first-order valence-corrected chi connectivity index (χ1v) is 11.4. The molecule has 1 amide bonds. The molecule has 0 saturated carbocycles. The highest BCUT2D eigenvalue weighted by Crippen LogP contribution is 2.27. The van der Waals surface area contributed by atoms with E-state index < -0.39 is 0 Å². The van der Waals surface area contributed by atoms with E-state index in [1.807, 2.05) is 60.7 Å². The number of nitrogens with one attached hydrogen (secondary N) is 1. The first-order chi connectivity index (χ1) is 14.3. The minimum atomic E-state index is -0.0795. The minimum absolute atomic E-state index is 0.0795. The van der Waals surface area contributed by atoms with Crippen molar-refractivity contribution in [2.75, 3.05) is 17.6 Å². The number of carbonyl (C=O) groups excluding carboxylic acids is 1. The van der Waals surface area contributed by atoms with Crippen molar-refractivity contribution in [1.82, 2.24) is 4.98 Å². The van der Waals surface area contributed by atoms with Gasteiger partial charge in [-0.3, -0.25) is 14.8 Å². The quantitative estimate of drug-likeness (QED) is 0.592. The summed E-state index contributed by atoms with van der Waals surface area (Å²) in [5.41, 5.74) is 4.95. The molecule has 2 heterocycles. The summed E-state index contributed by atoms with van der Waals surface area (Å²) in [5, 5.41) is 3.02. The summed E-state index contributed by atoms with van der Waals surface area (Å²) < 4.78 is 1.12. The van der Waals surface area contributed by atoms with E-state index in [2.05, 4.69) is 15.3 Å². The molecule has 0 aliphatic carbocycles. The fourth-order valence-corrected chi connectivity index (χ4v) is 5.06. The number of pyridine rings is 1. The molecule has 6 heteroatoms. The number of hydrogen-bond acceptors (Lipinski definition) is 5. The van der Waals surface area contributed by atoms with Gasteiger partial charge in [0.25, 0.3) is 5.91 Å². The van der Waals surface area contributed by atoms with Crippen LogP contribution in [0.5, 0.6) is 0 Å². The number of amides is 1. The Morgan fingerprint density at radius 3 is 2.52 bits per heavy atom. The van der Waals surface area contributed by atoms with Crippen molar-refractivity contribution < 1.29 is 4.79 Å². The highest BCUT2D eigenvalue weighted by Gasteiger charge is 2.14. The largest absolute Gasteiger partial charge is 0.322 e. The molecule has 29 heavy (non-hydrogen) atoms. The number of rotatable bonds is 6. The van der Waals surface area contributed by atoms with E-state index in [1.54, 1.807) is 35.9 Å². The van der Waals surface area contributed by atoms with Gasteiger partial charge in [-0.2, -0.15) is 0 Å². The van der Waals surface area contributed by atoms with Crippen molar-refractivity contribution in [3.63, 3.8) is 0 Å². The molecule has 1 aliphatic heterocycles. The van der Waals surface area contributed by atoms with E-state index in [4.69, 9.17) is 0 Å². The van der Waals surface area contributed by atoms with Gasteiger partial charge in [0.15, 0.2) is 0 Å². The molecule has 0 unspecified atom stereocenters. The van der Waals surface area contributed by atoms with Crippen LogP contribution in [-0.4, -0.2) is 27.6 Å². The van der Waals surface area contributed by atoms with Gasteiger partial charge in [-0.15, -0.1) is 0 Å². The number of carbonyl (C=O) groups is 1. The Kier molecular flexibility index (Phi) is 6.64. The summed E-state index contributed by atoms with van der Waals surface area (Å²) in [7, 11) is 0. The SMILES string of the molecule is O=C(Nc1ccc(Cc2ccncc2)cc1)c1ccccc1CSC1=NCCS1. The lowest BCUT2D eigenvalue weighted by Gasteiger charge is -2.11. The topological polar surface area (TPSA) is 54.4 Å². The van der Waals surface area contributed by atoms with E-state index in [1.165, 1.54) is 11.1 Å². The van der Waals surface area contributed by atoms with Gasteiger partial charge >= 0.3 is 0 Å². The van der Waals surface area contributed by atoms with Crippen molar-refractivity contribution in [2.24, 2.45) is 4.99 Å². The van der Waals surface area contributed by atoms with Crippen molar-refractivity contribution in [2.45, 2.75) is 12.2 Å². The predicted molar refractivity (Wildman–Crippen MR) is 124 cm³/mol. The summed E-state index contributed by atoms with van der Waals surface area (Å²) in [6, 6.07) is 19.8. The molecule has 1 aromatic heterocycles. The molecular weight excluding hydrogens is 398 g/mol. The van der Waals surface area contributed by atoms with Crippen LogP contribution in [0, 0.1) is 0 Å². The fraction of sp³-hybridized carbons (Fsp3) is 0.174. The van der Waals surface area contributed by atoms with E-state index in [9.17, 15) is 4.79 Å².